The van der Waals surface area contributed by atoms with E-state index in [0.29, 0.717) is 5.02 Å². The van der Waals surface area contributed by atoms with Gasteiger partial charge in [0, 0.05) is 16.3 Å². The summed E-state index contributed by atoms with van der Waals surface area (Å²) in [5.74, 6) is -0.449. The summed E-state index contributed by atoms with van der Waals surface area (Å²) in [6.07, 6.45) is 0. The Morgan fingerprint density at radius 3 is 2.53 bits per heavy atom. The van der Waals surface area contributed by atoms with Crippen LogP contribution in [0.5, 0.6) is 0 Å². The van der Waals surface area contributed by atoms with Crippen LogP contribution < -0.4 is 5.32 Å². The lowest BCUT2D eigenvalue weighted by atomic mass is 10.1. The molecule has 19 heavy (non-hydrogen) atoms. The van der Waals surface area contributed by atoms with Crippen molar-refractivity contribution in [3.8, 4) is 6.07 Å². The molecule has 0 aliphatic heterocycles. The van der Waals surface area contributed by atoms with Crippen LogP contribution in [0.15, 0.2) is 42.5 Å². The van der Waals surface area contributed by atoms with E-state index < -0.39 is 11.9 Å². The first kappa shape index (κ1) is 13.4. The van der Waals surface area contributed by atoms with Crippen LogP contribution in [-0.2, 0) is 0 Å². The first-order chi connectivity index (χ1) is 9.10. The normalized spacial score (nSPS) is 11.7. The maximum absolute atomic E-state index is 13.7. The van der Waals surface area contributed by atoms with Gasteiger partial charge in [-0.05, 0) is 37.3 Å². The maximum atomic E-state index is 13.7. The average molecular weight is 275 g/mol. The second-order valence-corrected chi connectivity index (χ2v) is 4.67. The highest BCUT2D eigenvalue weighted by molar-refractivity contribution is 6.30. The number of benzene rings is 2. The standard InChI is InChI=1S/C15H12ClFN2/c1-10-2-5-12(6-3-10)19-15(9-18)13-8-11(16)4-7-14(13)17/h2-8,15,19H,1H3. The minimum atomic E-state index is -0.776. The predicted molar refractivity (Wildman–Crippen MR) is 74.6 cm³/mol. The van der Waals surface area contributed by atoms with Crippen LogP contribution in [0.2, 0.25) is 5.02 Å². The lowest BCUT2D eigenvalue weighted by molar-refractivity contribution is 0.607. The maximum Gasteiger partial charge on any atom is 0.143 e. The number of hydrogen-bond donors (Lipinski definition) is 1. The zero-order valence-corrected chi connectivity index (χ0v) is 11.1. The zero-order valence-electron chi connectivity index (χ0n) is 10.3. The van der Waals surface area contributed by atoms with E-state index in [2.05, 4.69) is 5.32 Å². The summed E-state index contributed by atoms with van der Waals surface area (Å²) in [7, 11) is 0. The fourth-order valence-corrected chi connectivity index (χ4v) is 1.91. The highest BCUT2D eigenvalue weighted by atomic mass is 35.5. The third-order valence-corrected chi connectivity index (χ3v) is 3.00. The van der Waals surface area contributed by atoms with Gasteiger partial charge in [-0.3, -0.25) is 0 Å². The van der Waals surface area contributed by atoms with E-state index in [9.17, 15) is 9.65 Å². The molecule has 0 spiro atoms. The lowest BCUT2D eigenvalue weighted by Gasteiger charge is -2.14. The molecule has 0 aliphatic rings. The summed E-state index contributed by atoms with van der Waals surface area (Å²) in [6.45, 7) is 1.97. The van der Waals surface area contributed by atoms with Crippen LogP contribution in [0, 0.1) is 24.1 Å². The second kappa shape index (κ2) is 5.73. The Hall–Kier alpha value is -2.05. The van der Waals surface area contributed by atoms with Crippen molar-refractivity contribution in [2.45, 2.75) is 13.0 Å². The third kappa shape index (κ3) is 3.24. The fourth-order valence-electron chi connectivity index (χ4n) is 1.73. The number of hydrogen-bond acceptors (Lipinski definition) is 2. The first-order valence-corrected chi connectivity index (χ1v) is 6.15. The highest BCUT2D eigenvalue weighted by Crippen LogP contribution is 2.24. The van der Waals surface area contributed by atoms with E-state index in [1.807, 2.05) is 37.3 Å². The molecule has 2 rings (SSSR count). The molecule has 96 valence electrons. The molecular formula is C15H12ClFN2. The molecule has 2 aromatic carbocycles. The van der Waals surface area contributed by atoms with E-state index in [4.69, 9.17) is 11.6 Å². The van der Waals surface area contributed by atoms with Gasteiger partial charge in [-0.1, -0.05) is 29.3 Å². The summed E-state index contributed by atoms with van der Waals surface area (Å²) in [4.78, 5) is 0. The molecule has 1 atom stereocenters. The van der Waals surface area contributed by atoms with E-state index in [1.165, 1.54) is 18.2 Å². The SMILES string of the molecule is Cc1ccc(NC(C#N)c2cc(Cl)ccc2F)cc1. The second-order valence-electron chi connectivity index (χ2n) is 4.24. The van der Waals surface area contributed by atoms with Gasteiger partial charge < -0.3 is 5.32 Å². The Labute approximate surface area is 116 Å². The van der Waals surface area contributed by atoms with Crippen molar-refractivity contribution in [2.24, 2.45) is 0 Å². The van der Waals surface area contributed by atoms with Gasteiger partial charge in [0.25, 0.3) is 0 Å². The largest absolute Gasteiger partial charge is 0.366 e. The monoisotopic (exact) mass is 274 g/mol. The first-order valence-electron chi connectivity index (χ1n) is 5.78. The molecule has 0 bridgehead atoms. The molecule has 0 aliphatic carbocycles. The number of nitrogens with one attached hydrogen (secondary N) is 1. The van der Waals surface area contributed by atoms with Crippen molar-refractivity contribution in [2.75, 3.05) is 5.32 Å². The quantitative estimate of drug-likeness (QED) is 0.897. The third-order valence-electron chi connectivity index (χ3n) is 2.76. The van der Waals surface area contributed by atoms with Crippen LogP contribution in [0.1, 0.15) is 17.2 Å². The van der Waals surface area contributed by atoms with Crippen LogP contribution in [0.3, 0.4) is 0 Å². The van der Waals surface area contributed by atoms with E-state index in [0.717, 1.165) is 11.3 Å². The van der Waals surface area contributed by atoms with Gasteiger partial charge in [-0.2, -0.15) is 5.26 Å². The lowest BCUT2D eigenvalue weighted by Crippen LogP contribution is -2.10. The van der Waals surface area contributed by atoms with Gasteiger partial charge in [0.15, 0.2) is 0 Å². The van der Waals surface area contributed by atoms with Crippen LogP contribution in [-0.4, -0.2) is 0 Å². The number of anilines is 1. The van der Waals surface area contributed by atoms with Crippen molar-refractivity contribution in [3.05, 3.63) is 64.4 Å². The molecule has 2 nitrogen and oxygen atoms in total. The predicted octanol–water partition coefficient (Wildman–Crippen LogP) is 4.46. The Morgan fingerprint density at radius 1 is 1.21 bits per heavy atom. The summed E-state index contributed by atoms with van der Waals surface area (Å²) in [5, 5.41) is 12.6. The Balaban J connectivity index is 2.28. The topological polar surface area (TPSA) is 35.8 Å². The van der Waals surface area contributed by atoms with Gasteiger partial charge in [-0.25, -0.2) is 4.39 Å². The van der Waals surface area contributed by atoms with Crippen molar-refractivity contribution in [1.29, 1.82) is 5.26 Å². The summed E-state index contributed by atoms with van der Waals surface area (Å²) < 4.78 is 13.7. The Morgan fingerprint density at radius 2 is 1.89 bits per heavy atom. The number of halogens is 2. The number of nitriles is 1. The minimum absolute atomic E-state index is 0.246. The van der Waals surface area contributed by atoms with Gasteiger partial charge in [-0.15, -0.1) is 0 Å². The highest BCUT2D eigenvalue weighted by Gasteiger charge is 2.15. The Kier molecular flexibility index (Phi) is 4.03. The van der Waals surface area contributed by atoms with Crippen LogP contribution in [0.25, 0.3) is 0 Å². The molecule has 0 saturated carbocycles. The van der Waals surface area contributed by atoms with Gasteiger partial charge in [0.1, 0.15) is 11.9 Å². The molecule has 2 aromatic rings. The Bertz CT molecular complexity index is 617. The smallest absolute Gasteiger partial charge is 0.143 e. The van der Waals surface area contributed by atoms with Crippen molar-refractivity contribution < 1.29 is 4.39 Å². The molecule has 0 heterocycles. The van der Waals surface area contributed by atoms with E-state index in [1.54, 1.807) is 0 Å². The van der Waals surface area contributed by atoms with Gasteiger partial charge in [0.05, 0.1) is 6.07 Å². The van der Waals surface area contributed by atoms with Crippen molar-refractivity contribution in [1.82, 2.24) is 0 Å². The van der Waals surface area contributed by atoms with Crippen LogP contribution in [0.4, 0.5) is 10.1 Å². The molecule has 4 heteroatoms. The summed E-state index contributed by atoms with van der Waals surface area (Å²) >= 11 is 5.84. The molecule has 1 N–H and O–H groups in total. The molecule has 0 aromatic heterocycles. The molecule has 1 unspecified atom stereocenters. The zero-order chi connectivity index (χ0) is 13.8. The molecular weight excluding hydrogens is 263 g/mol. The average Bonchev–Trinajstić information content (AvgIpc) is 2.41. The van der Waals surface area contributed by atoms with Crippen molar-refractivity contribution in [3.63, 3.8) is 0 Å². The number of nitrogens with zero attached hydrogens (tertiary/aromatic N) is 1. The number of aryl methyl sites for hydroxylation is 1. The van der Waals surface area contributed by atoms with Crippen molar-refractivity contribution >= 4 is 17.3 Å². The van der Waals surface area contributed by atoms with Crippen LogP contribution >= 0.6 is 11.6 Å². The molecule has 0 saturated heterocycles. The summed E-state index contributed by atoms with van der Waals surface area (Å²) in [6, 6.07) is 13.0. The number of rotatable bonds is 3. The summed E-state index contributed by atoms with van der Waals surface area (Å²) in [5.41, 5.74) is 2.13. The fraction of sp³-hybridized carbons (Fsp3) is 0.133. The molecule has 0 fully saturated rings. The molecule has 0 amide bonds. The van der Waals surface area contributed by atoms with Gasteiger partial charge in [0.2, 0.25) is 0 Å². The van der Waals surface area contributed by atoms with Gasteiger partial charge >= 0.3 is 0 Å². The minimum Gasteiger partial charge on any atom is -0.366 e. The molecule has 0 radical (unpaired) electrons. The van der Waals surface area contributed by atoms with E-state index >= 15 is 0 Å². The van der Waals surface area contributed by atoms with E-state index in [-0.39, 0.29) is 5.56 Å².